The molecule has 0 aliphatic carbocycles. The maximum absolute atomic E-state index is 13.2. The van der Waals surface area contributed by atoms with Crippen LogP contribution in [0.3, 0.4) is 0 Å². The van der Waals surface area contributed by atoms with Crippen molar-refractivity contribution in [2.24, 2.45) is 0 Å². The van der Waals surface area contributed by atoms with Crippen LogP contribution in [-0.4, -0.2) is 41.1 Å². The Morgan fingerprint density at radius 1 is 1.14 bits per heavy atom. The number of pyridine rings is 1. The zero-order valence-corrected chi connectivity index (χ0v) is 15.7. The molecule has 2 fully saturated rings. The van der Waals surface area contributed by atoms with Crippen LogP contribution in [-0.2, 0) is 0 Å². The van der Waals surface area contributed by atoms with E-state index in [1.54, 1.807) is 19.5 Å². The molecule has 3 aromatic rings. The summed E-state index contributed by atoms with van der Waals surface area (Å²) < 4.78 is 17.4. The summed E-state index contributed by atoms with van der Waals surface area (Å²) in [6, 6.07) is 11.6. The monoisotopic (exact) mass is 378 g/mol. The summed E-state index contributed by atoms with van der Waals surface area (Å²) in [5, 5.41) is 0.881. The lowest BCUT2D eigenvalue weighted by Gasteiger charge is -2.38. The molecule has 2 atom stereocenters. The van der Waals surface area contributed by atoms with Crippen molar-refractivity contribution in [3.05, 3.63) is 54.6 Å². The van der Waals surface area contributed by atoms with Crippen LogP contribution in [0.25, 0.3) is 11.0 Å². The van der Waals surface area contributed by atoms with Gasteiger partial charge in [-0.3, -0.25) is 9.78 Å². The summed E-state index contributed by atoms with van der Waals surface area (Å²) >= 11 is 0. The Labute approximate surface area is 163 Å². The van der Waals surface area contributed by atoms with E-state index >= 15 is 0 Å². The third-order valence-corrected chi connectivity index (χ3v) is 5.82. The number of piperidine rings is 1. The van der Waals surface area contributed by atoms with Gasteiger partial charge in [-0.25, -0.2) is 0 Å². The van der Waals surface area contributed by atoms with Gasteiger partial charge >= 0.3 is 0 Å². The molecule has 28 heavy (non-hydrogen) atoms. The van der Waals surface area contributed by atoms with Crippen molar-refractivity contribution in [2.75, 3.05) is 7.11 Å². The van der Waals surface area contributed by atoms with Gasteiger partial charge in [0.15, 0.2) is 17.1 Å². The second kappa shape index (κ2) is 6.86. The van der Waals surface area contributed by atoms with Gasteiger partial charge in [-0.15, -0.1) is 0 Å². The van der Waals surface area contributed by atoms with Crippen LogP contribution in [0.4, 0.5) is 0 Å². The minimum Gasteiger partial charge on any atom is -0.493 e. The minimum atomic E-state index is -0.0342. The number of furan rings is 1. The van der Waals surface area contributed by atoms with Gasteiger partial charge in [-0.2, -0.15) is 0 Å². The summed E-state index contributed by atoms with van der Waals surface area (Å²) in [4.78, 5) is 19.3. The molecule has 6 heteroatoms. The Kier molecular flexibility index (Phi) is 4.19. The fourth-order valence-electron chi connectivity index (χ4n) is 4.59. The molecule has 1 amide bonds. The molecule has 0 radical (unpaired) electrons. The largest absolute Gasteiger partial charge is 0.493 e. The molecule has 0 N–H and O–H groups in total. The second-order valence-corrected chi connectivity index (χ2v) is 7.48. The Hall–Kier alpha value is -3.02. The second-order valence-electron chi connectivity index (χ2n) is 7.48. The molecular formula is C22H22N2O4. The van der Waals surface area contributed by atoms with Crippen LogP contribution in [0, 0.1) is 0 Å². The van der Waals surface area contributed by atoms with Gasteiger partial charge in [0.25, 0.3) is 5.91 Å². The van der Waals surface area contributed by atoms with E-state index in [1.807, 2.05) is 41.3 Å². The Balaban J connectivity index is 1.35. The van der Waals surface area contributed by atoms with E-state index in [-0.39, 0.29) is 24.1 Å². The van der Waals surface area contributed by atoms with Crippen molar-refractivity contribution in [1.29, 1.82) is 0 Å². The van der Waals surface area contributed by atoms with Crippen LogP contribution in [0.1, 0.15) is 36.2 Å². The smallest absolute Gasteiger partial charge is 0.290 e. The number of hydrogen-bond donors (Lipinski definition) is 0. The lowest BCUT2D eigenvalue weighted by molar-refractivity contribution is 0.0335. The maximum Gasteiger partial charge on any atom is 0.290 e. The quantitative estimate of drug-likeness (QED) is 0.685. The van der Waals surface area contributed by atoms with Gasteiger partial charge < -0.3 is 18.8 Å². The van der Waals surface area contributed by atoms with E-state index in [4.69, 9.17) is 13.9 Å². The first-order chi connectivity index (χ1) is 13.7. The summed E-state index contributed by atoms with van der Waals surface area (Å²) in [6.07, 6.45) is 7.30. The van der Waals surface area contributed by atoms with E-state index < -0.39 is 0 Å². The van der Waals surface area contributed by atoms with Gasteiger partial charge in [0.1, 0.15) is 11.9 Å². The lowest BCUT2D eigenvalue weighted by atomic mass is 9.99. The van der Waals surface area contributed by atoms with Gasteiger partial charge in [-0.1, -0.05) is 12.1 Å². The van der Waals surface area contributed by atoms with Gasteiger partial charge in [0, 0.05) is 42.7 Å². The minimum absolute atomic E-state index is 0.0342. The molecule has 2 aliphatic heterocycles. The van der Waals surface area contributed by atoms with Crippen molar-refractivity contribution in [3.63, 3.8) is 0 Å². The molecule has 2 aromatic heterocycles. The Morgan fingerprint density at radius 2 is 1.89 bits per heavy atom. The number of aromatic nitrogens is 1. The first-order valence-corrected chi connectivity index (χ1v) is 9.69. The molecule has 0 saturated carbocycles. The Bertz CT molecular complexity index is 986. The zero-order chi connectivity index (χ0) is 19.1. The van der Waals surface area contributed by atoms with Crippen LogP contribution in [0.15, 0.2) is 53.2 Å². The molecule has 6 nitrogen and oxygen atoms in total. The van der Waals surface area contributed by atoms with Gasteiger partial charge in [0.2, 0.25) is 0 Å². The molecule has 2 aliphatic rings. The predicted octanol–water partition coefficient (Wildman–Crippen LogP) is 4.05. The Morgan fingerprint density at radius 3 is 2.61 bits per heavy atom. The normalized spacial score (nSPS) is 23.8. The third kappa shape index (κ3) is 2.89. The SMILES string of the molecule is COc1cccc2cc(C(=O)N3C4CCC3CC(Oc3ccncc3)C4)oc12. The van der Waals surface area contributed by atoms with Gasteiger partial charge in [-0.05, 0) is 37.1 Å². The van der Waals surface area contributed by atoms with Crippen LogP contribution in [0.2, 0.25) is 0 Å². The molecule has 144 valence electrons. The van der Waals surface area contributed by atoms with Crippen molar-refractivity contribution in [1.82, 2.24) is 9.88 Å². The molecular weight excluding hydrogens is 356 g/mol. The number of hydrogen-bond acceptors (Lipinski definition) is 5. The molecule has 2 saturated heterocycles. The van der Waals surface area contributed by atoms with E-state index in [2.05, 4.69) is 4.98 Å². The molecule has 2 unspecified atom stereocenters. The number of methoxy groups -OCH3 is 1. The number of ether oxygens (including phenoxy) is 2. The fraction of sp³-hybridized carbons (Fsp3) is 0.364. The number of rotatable bonds is 4. The summed E-state index contributed by atoms with van der Waals surface area (Å²) in [6.45, 7) is 0. The van der Waals surface area contributed by atoms with E-state index in [0.717, 1.165) is 36.8 Å². The highest BCUT2D eigenvalue weighted by Gasteiger charge is 2.45. The van der Waals surface area contributed by atoms with Crippen molar-refractivity contribution >= 4 is 16.9 Å². The number of fused-ring (bicyclic) bond motifs is 3. The summed E-state index contributed by atoms with van der Waals surface area (Å²) in [5.41, 5.74) is 0.622. The lowest BCUT2D eigenvalue weighted by Crippen LogP contribution is -2.49. The van der Waals surface area contributed by atoms with E-state index in [0.29, 0.717) is 17.1 Å². The van der Waals surface area contributed by atoms with Crippen molar-refractivity contribution in [2.45, 2.75) is 43.9 Å². The molecule has 1 aromatic carbocycles. The average molecular weight is 378 g/mol. The van der Waals surface area contributed by atoms with Gasteiger partial charge in [0.05, 0.1) is 7.11 Å². The number of para-hydroxylation sites is 1. The first-order valence-electron chi connectivity index (χ1n) is 9.69. The number of benzene rings is 1. The number of nitrogens with zero attached hydrogens (tertiary/aromatic N) is 2. The van der Waals surface area contributed by atoms with Crippen LogP contribution < -0.4 is 9.47 Å². The van der Waals surface area contributed by atoms with Crippen LogP contribution in [0.5, 0.6) is 11.5 Å². The number of carbonyl (C=O) groups is 1. The van der Waals surface area contributed by atoms with Crippen LogP contribution >= 0.6 is 0 Å². The first kappa shape index (κ1) is 17.1. The fourth-order valence-corrected chi connectivity index (χ4v) is 4.59. The van der Waals surface area contributed by atoms with Crippen molar-refractivity contribution < 1.29 is 18.7 Å². The summed E-state index contributed by atoms with van der Waals surface area (Å²) in [7, 11) is 1.60. The molecule has 4 heterocycles. The topological polar surface area (TPSA) is 64.8 Å². The molecule has 2 bridgehead atoms. The predicted molar refractivity (Wildman–Crippen MR) is 104 cm³/mol. The third-order valence-electron chi connectivity index (χ3n) is 5.82. The molecule has 5 rings (SSSR count). The maximum atomic E-state index is 13.2. The zero-order valence-electron chi connectivity index (χ0n) is 15.7. The van der Waals surface area contributed by atoms with E-state index in [1.165, 1.54) is 0 Å². The highest BCUT2D eigenvalue weighted by Crippen LogP contribution is 2.39. The number of amides is 1. The standard InChI is InChI=1S/C22H22N2O4/c1-26-19-4-2-3-14-11-20(28-21(14)19)22(25)24-15-5-6-16(24)13-18(12-15)27-17-7-9-23-10-8-17/h2-4,7-11,15-16,18H,5-6,12-13H2,1H3. The average Bonchev–Trinajstić information content (AvgIpc) is 3.27. The highest BCUT2D eigenvalue weighted by atomic mass is 16.5. The van der Waals surface area contributed by atoms with E-state index in [9.17, 15) is 4.79 Å². The number of carbonyl (C=O) groups excluding carboxylic acids is 1. The molecule has 0 spiro atoms. The van der Waals surface area contributed by atoms with Crippen molar-refractivity contribution in [3.8, 4) is 11.5 Å². The highest BCUT2D eigenvalue weighted by molar-refractivity contribution is 5.97. The summed E-state index contributed by atoms with van der Waals surface area (Å²) in [5.74, 6) is 1.82.